The van der Waals surface area contributed by atoms with Crippen LogP contribution in [0.3, 0.4) is 0 Å². The SMILES string of the molecule is O=C(CN1CCN(c2ccc(Cl)c(Cl)c2)CC1)Nc1nc2ccccc2s1. The summed E-state index contributed by atoms with van der Waals surface area (Å²) >= 11 is 13.6. The lowest BCUT2D eigenvalue weighted by Crippen LogP contribution is -2.48. The number of nitrogens with zero attached hydrogens (tertiary/aromatic N) is 3. The number of rotatable bonds is 4. The smallest absolute Gasteiger partial charge is 0.240 e. The molecule has 2 heterocycles. The fourth-order valence-corrected chi connectivity index (χ4v) is 4.31. The average molecular weight is 421 g/mol. The summed E-state index contributed by atoms with van der Waals surface area (Å²) < 4.78 is 1.07. The van der Waals surface area contributed by atoms with E-state index in [1.165, 1.54) is 11.3 Å². The molecule has 0 unspecified atom stereocenters. The topological polar surface area (TPSA) is 48.5 Å². The van der Waals surface area contributed by atoms with Crippen LogP contribution in [-0.4, -0.2) is 48.5 Å². The Balaban J connectivity index is 1.30. The van der Waals surface area contributed by atoms with E-state index in [1.54, 1.807) is 0 Å². The highest BCUT2D eigenvalue weighted by Crippen LogP contribution is 2.28. The number of hydrogen-bond donors (Lipinski definition) is 1. The van der Waals surface area contributed by atoms with Crippen LogP contribution in [0.2, 0.25) is 10.0 Å². The predicted molar refractivity (Wildman–Crippen MR) is 113 cm³/mol. The van der Waals surface area contributed by atoms with Gasteiger partial charge in [-0.1, -0.05) is 46.7 Å². The minimum absolute atomic E-state index is 0.0305. The van der Waals surface area contributed by atoms with Crippen LogP contribution in [0.15, 0.2) is 42.5 Å². The van der Waals surface area contributed by atoms with E-state index in [9.17, 15) is 4.79 Å². The molecule has 4 rings (SSSR count). The molecule has 2 aromatic carbocycles. The number of fused-ring (bicyclic) bond motifs is 1. The van der Waals surface area contributed by atoms with Crippen molar-refractivity contribution >= 4 is 61.5 Å². The van der Waals surface area contributed by atoms with Crippen LogP contribution in [0, 0.1) is 0 Å². The van der Waals surface area contributed by atoms with E-state index in [4.69, 9.17) is 23.2 Å². The van der Waals surface area contributed by atoms with Crippen molar-refractivity contribution in [1.82, 2.24) is 9.88 Å². The summed E-state index contributed by atoms with van der Waals surface area (Å²) in [6.07, 6.45) is 0. The van der Waals surface area contributed by atoms with Gasteiger partial charge in [0.15, 0.2) is 5.13 Å². The lowest BCUT2D eigenvalue weighted by atomic mass is 10.2. The quantitative estimate of drug-likeness (QED) is 0.680. The van der Waals surface area contributed by atoms with Gasteiger partial charge >= 0.3 is 0 Å². The number of amides is 1. The molecule has 1 aromatic heterocycles. The lowest BCUT2D eigenvalue weighted by Gasteiger charge is -2.35. The first kappa shape index (κ1) is 18.5. The maximum atomic E-state index is 12.4. The van der Waals surface area contributed by atoms with Crippen molar-refractivity contribution in [3.8, 4) is 0 Å². The monoisotopic (exact) mass is 420 g/mol. The van der Waals surface area contributed by atoms with Crippen molar-refractivity contribution < 1.29 is 4.79 Å². The molecule has 27 heavy (non-hydrogen) atoms. The van der Waals surface area contributed by atoms with Crippen LogP contribution in [0.25, 0.3) is 10.2 Å². The first-order valence-electron chi connectivity index (χ1n) is 8.66. The highest BCUT2D eigenvalue weighted by molar-refractivity contribution is 7.22. The van der Waals surface area contributed by atoms with Crippen molar-refractivity contribution in [2.45, 2.75) is 0 Å². The number of thiazole rings is 1. The van der Waals surface area contributed by atoms with Crippen LogP contribution in [0.4, 0.5) is 10.8 Å². The third kappa shape index (κ3) is 4.35. The molecule has 1 aliphatic rings. The number of hydrogen-bond acceptors (Lipinski definition) is 5. The Kier molecular flexibility index (Phi) is 5.50. The summed E-state index contributed by atoms with van der Waals surface area (Å²) in [7, 11) is 0. The summed E-state index contributed by atoms with van der Waals surface area (Å²) in [5.74, 6) is -0.0305. The predicted octanol–water partition coefficient (Wildman–Crippen LogP) is 4.36. The summed E-state index contributed by atoms with van der Waals surface area (Å²) in [5, 5.41) is 4.69. The number of para-hydroxylation sites is 1. The van der Waals surface area contributed by atoms with Gasteiger partial charge in [-0.2, -0.15) is 0 Å². The van der Waals surface area contributed by atoms with Gasteiger partial charge in [0.25, 0.3) is 0 Å². The molecule has 0 saturated carbocycles. The Morgan fingerprint density at radius 1 is 1.07 bits per heavy atom. The molecule has 140 valence electrons. The van der Waals surface area contributed by atoms with Crippen molar-refractivity contribution in [2.75, 3.05) is 42.9 Å². The van der Waals surface area contributed by atoms with Gasteiger partial charge in [-0.25, -0.2) is 4.98 Å². The molecule has 1 amide bonds. The molecule has 5 nitrogen and oxygen atoms in total. The molecule has 0 atom stereocenters. The van der Waals surface area contributed by atoms with Crippen molar-refractivity contribution in [1.29, 1.82) is 0 Å². The fraction of sp³-hybridized carbons (Fsp3) is 0.263. The molecule has 0 spiro atoms. The first-order valence-corrected chi connectivity index (χ1v) is 10.2. The summed E-state index contributed by atoms with van der Waals surface area (Å²) in [5.41, 5.74) is 1.97. The molecule has 1 saturated heterocycles. The van der Waals surface area contributed by atoms with Crippen molar-refractivity contribution in [3.63, 3.8) is 0 Å². The van der Waals surface area contributed by atoms with Crippen LogP contribution in [0.1, 0.15) is 0 Å². The van der Waals surface area contributed by atoms with E-state index in [0.29, 0.717) is 21.7 Å². The van der Waals surface area contributed by atoms with Gasteiger partial charge in [0.2, 0.25) is 5.91 Å². The zero-order chi connectivity index (χ0) is 18.8. The maximum absolute atomic E-state index is 12.4. The molecule has 0 bridgehead atoms. The van der Waals surface area contributed by atoms with Gasteiger partial charge in [0.1, 0.15) is 0 Å². The molecular formula is C19H18Cl2N4OS. The van der Waals surface area contributed by atoms with E-state index in [1.807, 2.05) is 42.5 Å². The number of halogens is 2. The molecular weight excluding hydrogens is 403 g/mol. The molecule has 0 aliphatic carbocycles. The standard InChI is InChI=1S/C19H18Cl2N4OS/c20-14-6-5-13(11-15(14)21)25-9-7-24(8-10-25)12-18(26)23-19-22-16-3-1-2-4-17(16)27-19/h1-6,11H,7-10,12H2,(H,22,23,26). The Morgan fingerprint density at radius 3 is 2.59 bits per heavy atom. The average Bonchev–Trinajstić information content (AvgIpc) is 3.06. The zero-order valence-corrected chi connectivity index (χ0v) is 16.8. The maximum Gasteiger partial charge on any atom is 0.240 e. The Morgan fingerprint density at radius 2 is 1.85 bits per heavy atom. The molecule has 1 N–H and O–H groups in total. The normalized spacial score (nSPS) is 15.3. The summed E-state index contributed by atoms with van der Waals surface area (Å²) in [4.78, 5) is 21.2. The third-order valence-electron chi connectivity index (χ3n) is 4.55. The molecule has 0 radical (unpaired) electrons. The highest BCUT2D eigenvalue weighted by atomic mass is 35.5. The van der Waals surface area contributed by atoms with Crippen LogP contribution >= 0.6 is 34.5 Å². The summed E-state index contributed by atoms with van der Waals surface area (Å²) in [6, 6.07) is 13.6. The van der Waals surface area contributed by atoms with Gasteiger partial charge < -0.3 is 10.2 Å². The molecule has 1 fully saturated rings. The number of carbonyl (C=O) groups excluding carboxylic acids is 1. The fourth-order valence-electron chi connectivity index (χ4n) is 3.13. The lowest BCUT2D eigenvalue weighted by molar-refractivity contribution is -0.117. The Hall–Kier alpha value is -1.86. The van der Waals surface area contributed by atoms with Crippen LogP contribution in [0.5, 0.6) is 0 Å². The number of piperazine rings is 1. The highest BCUT2D eigenvalue weighted by Gasteiger charge is 2.20. The Labute approximate surface area is 171 Å². The number of nitrogens with one attached hydrogen (secondary N) is 1. The second kappa shape index (κ2) is 8.02. The molecule has 1 aliphatic heterocycles. The minimum Gasteiger partial charge on any atom is -0.369 e. The molecule has 8 heteroatoms. The number of carbonyl (C=O) groups is 1. The first-order chi connectivity index (χ1) is 13.1. The summed E-state index contributed by atoms with van der Waals surface area (Å²) in [6.45, 7) is 3.67. The van der Waals surface area contributed by atoms with Gasteiger partial charge in [-0.3, -0.25) is 9.69 Å². The number of aromatic nitrogens is 1. The minimum atomic E-state index is -0.0305. The largest absolute Gasteiger partial charge is 0.369 e. The van der Waals surface area contributed by atoms with Crippen LogP contribution in [-0.2, 0) is 4.79 Å². The Bertz CT molecular complexity index is 936. The number of benzene rings is 2. The van der Waals surface area contributed by atoms with Gasteiger partial charge in [0.05, 0.1) is 26.8 Å². The van der Waals surface area contributed by atoms with E-state index in [-0.39, 0.29) is 5.91 Å². The van der Waals surface area contributed by atoms with E-state index < -0.39 is 0 Å². The number of anilines is 2. The molecule has 3 aromatic rings. The van der Waals surface area contributed by atoms with E-state index >= 15 is 0 Å². The second-order valence-electron chi connectivity index (χ2n) is 6.40. The van der Waals surface area contributed by atoms with Gasteiger partial charge in [-0.05, 0) is 30.3 Å². The third-order valence-corrected chi connectivity index (χ3v) is 6.24. The van der Waals surface area contributed by atoms with E-state index in [2.05, 4.69) is 20.1 Å². The zero-order valence-electron chi connectivity index (χ0n) is 14.5. The van der Waals surface area contributed by atoms with Crippen molar-refractivity contribution in [2.24, 2.45) is 0 Å². The van der Waals surface area contributed by atoms with Gasteiger partial charge in [-0.15, -0.1) is 0 Å². The van der Waals surface area contributed by atoms with E-state index in [0.717, 1.165) is 42.1 Å². The van der Waals surface area contributed by atoms with Gasteiger partial charge in [0, 0.05) is 31.9 Å². The second-order valence-corrected chi connectivity index (χ2v) is 8.24. The van der Waals surface area contributed by atoms with Crippen LogP contribution < -0.4 is 10.2 Å². The van der Waals surface area contributed by atoms with Crippen molar-refractivity contribution in [3.05, 3.63) is 52.5 Å².